The lowest BCUT2D eigenvalue weighted by Crippen LogP contribution is -2.49. The molecule has 0 aliphatic heterocycles. The molecular formula is C12H24N2O2. The number of amides is 1. The Morgan fingerprint density at radius 1 is 1.56 bits per heavy atom. The number of carbonyl (C=O) groups excluding carboxylic acids is 1. The first-order valence-electron chi connectivity index (χ1n) is 6.11. The van der Waals surface area contributed by atoms with Gasteiger partial charge in [0.25, 0.3) is 0 Å². The predicted octanol–water partition coefficient (Wildman–Crippen LogP) is 0.901. The van der Waals surface area contributed by atoms with Gasteiger partial charge in [0.1, 0.15) is 0 Å². The Hall–Kier alpha value is -0.610. The number of nitrogens with one attached hydrogen (secondary N) is 1. The van der Waals surface area contributed by atoms with Gasteiger partial charge >= 0.3 is 0 Å². The molecule has 0 aromatic rings. The highest BCUT2D eigenvalue weighted by Gasteiger charge is 2.32. The lowest BCUT2D eigenvalue weighted by molar-refractivity contribution is -0.128. The Kier molecular flexibility index (Phi) is 5.22. The Balaban J connectivity index is 2.46. The van der Waals surface area contributed by atoms with Crippen molar-refractivity contribution in [2.24, 2.45) is 17.6 Å². The molecule has 0 heterocycles. The summed E-state index contributed by atoms with van der Waals surface area (Å²) in [7, 11) is 1.64. The summed E-state index contributed by atoms with van der Waals surface area (Å²) in [6, 6.07) is 0.0606. The number of ether oxygens (including phenoxy) is 1. The molecule has 1 rings (SSSR count). The number of hydrogen-bond donors (Lipinski definition) is 2. The average molecular weight is 228 g/mol. The van der Waals surface area contributed by atoms with Gasteiger partial charge in [-0.1, -0.05) is 13.3 Å². The molecule has 0 aromatic heterocycles. The molecule has 0 radical (unpaired) electrons. The standard InChI is InChI=1S/C12H24N2O2/c1-8-5-4-6-10(11(8)13)12(15)14-9(2)7-16-3/h8-11H,4-7,13H2,1-3H3,(H,14,15). The average Bonchev–Trinajstić information content (AvgIpc) is 2.22. The van der Waals surface area contributed by atoms with Crippen molar-refractivity contribution in [3.05, 3.63) is 0 Å². The lowest BCUT2D eigenvalue weighted by atomic mass is 9.78. The summed E-state index contributed by atoms with van der Waals surface area (Å²) in [6.07, 6.45) is 3.15. The van der Waals surface area contributed by atoms with Crippen LogP contribution in [-0.2, 0) is 9.53 Å². The van der Waals surface area contributed by atoms with Gasteiger partial charge in [-0.2, -0.15) is 0 Å². The van der Waals surface area contributed by atoms with Crippen molar-refractivity contribution in [1.29, 1.82) is 0 Å². The molecule has 0 bridgehead atoms. The lowest BCUT2D eigenvalue weighted by Gasteiger charge is -2.33. The van der Waals surface area contributed by atoms with E-state index in [4.69, 9.17) is 10.5 Å². The Bertz CT molecular complexity index is 233. The van der Waals surface area contributed by atoms with Crippen LogP contribution >= 0.6 is 0 Å². The SMILES string of the molecule is COCC(C)NC(=O)C1CCCC(C)C1N. The molecule has 16 heavy (non-hydrogen) atoms. The quantitative estimate of drug-likeness (QED) is 0.751. The molecule has 0 spiro atoms. The molecule has 94 valence electrons. The van der Waals surface area contributed by atoms with Crippen LogP contribution in [0.1, 0.15) is 33.1 Å². The predicted molar refractivity (Wildman–Crippen MR) is 64.0 cm³/mol. The van der Waals surface area contributed by atoms with Gasteiger partial charge in [-0.25, -0.2) is 0 Å². The third kappa shape index (κ3) is 3.46. The second kappa shape index (κ2) is 6.21. The summed E-state index contributed by atoms with van der Waals surface area (Å²) in [5.74, 6) is 0.508. The van der Waals surface area contributed by atoms with Crippen molar-refractivity contribution in [1.82, 2.24) is 5.32 Å². The molecule has 1 fully saturated rings. The van der Waals surface area contributed by atoms with E-state index in [1.807, 2.05) is 6.92 Å². The normalized spacial score (nSPS) is 32.1. The van der Waals surface area contributed by atoms with E-state index >= 15 is 0 Å². The monoisotopic (exact) mass is 228 g/mol. The van der Waals surface area contributed by atoms with E-state index in [0.717, 1.165) is 19.3 Å². The van der Waals surface area contributed by atoms with E-state index in [2.05, 4.69) is 12.2 Å². The van der Waals surface area contributed by atoms with E-state index < -0.39 is 0 Å². The zero-order valence-electron chi connectivity index (χ0n) is 10.5. The molecule has 4 unspecified atom stereocenters. The molecule has 1 aliphatic carbocycles. The highest BCUT2D eigenvalue weighted by atomic mass is 16.5. The molecule has 4 atom stereocenters. The number of rotatable bonds is 4. The van der Waals surface area contributed by atoms with Gasteiger partial charge in [-0.05, 0) is 25.7 Å². The van der Waals surface area contributed by atoms with Crippen LogP contribution in [0.2, 0.25) is 0 Å². The molecule has 3 N–H and O–H groups in total. The summed E-state index contributed by atoms with van der Waals surface area (Å²) >= 11 is 0. The minimum atomic E-state index is -0.0249. The van der Waals surface area contributed by atoms with Crippen LogP contribution in [-0.4, -0.2) is 31.7 Å². The van der Waals surface area contributed by atoms with Crippen molar-refractivity contribution in [3.63, 3.8) is 0 Å². The van der Waals surface area contributed by atoms with Gasteiger partial charge in [0.15, 0.2) is 0 Å². The van der Waals surface area contributed by atoms with E-state index in [-0.39, 0.29) is 23.9 Å². The first-order chi connectivity index (χ1) is 7.56. The zero-order chi connectivity index (χ0) is 12.1. The van der Waals surface area contributed by atoms with Crippen molar-refractivity contribution in [2.75, 3.05) is 13.7 Å². The van der Waals surface area contributed by atoms with Gasteiger partial charge in [0, 0.05) is 19.2 Å². The topological polar surface area (TPSA) is 64.3 Å². The van der Waals surface area contributed by atoms with Gasteiger partial charge in [-0.3, -0.25) is 4.79 Å². The summed E-state index contributed by atoms with van der Waals surface area (Å²) in [5.41, 5.74) is 6.08. The largest absolute Gasteiger partial charge is 0.383 e. The molecule has 0 saturated heterocycles. The van der Waals surface area contributed by atoms with E-state index in [9.17, 15) is 4.79 Å². The summed E-state index contributed by atoms with van der Waals surface area (Å²) < 4.78 is 4.99. The fourth-order valence-electron chi connectivity index (χ4n) is 2.39. The first-order valence-corrected chi connectivity index (χ1v) is 6.11. The second-order valence-electron chi connectivity index (χ2n) is 4.96. The van der Waals surface area contributed by atoms with Crippen molar-refractivity contribution in [2.45, 2.75) is 45.2 Å². The zero-order valence-corrected chi connectivity index (χ0v) is 10.5. The maximum Gasteiger partial charge on any atom is 0.224 e. The van der Waals surface area contributed by atoms with Crippen LogP contribution in [0.5, 0.6) is 0 Å². The summed E-state index contributed by atoms with van der Waals surface area (Å²) in [5, 5.41) is 2.96. The van der Waals surface area contributed by atoms with E-state index in [0.29, 0.717) is 12.5 Å². The molecule has 1 saturated carbocycles. The number of hydrogen-bond acceptors (Lipinski definition) is 3. The molecule has 1 aliphatic rings. The third-order valence-electron chi connectivity index (χ3n) is 3.44. The minimum Gasteiger partial charge on any atom is -0.383 e. The van der Waals surface area contributed by atoms with Gasteiger partial charge in [0.2, 0.25) is 5.91 Å². The minimum absolute atomic E-state index is 0.00324. The van der Waals surface area contributed by atoms with Gasteiger partial charge < -0.3 is 15.8 Å². The number of methoxy groups -OCH3 is 1. The summed E-state index contributed by atoms with van der Waals surface area (Å²) in [6.45, 7) is 4.62. The van der Waals surface area contributed by atoms with Gasteiger partial charge in [-0.15, -0.1) is 0 Å². The van der Waals surface area contributed by atoms with E-state index in [1.165, 1.54) is 0 Å². The maximum absolute atomic E-state index is 12.0. The van der Waals surface area contributed by atoms with Crippen LogP contribution in [0, 0.1) is 11.8 Å². The van der Waals surface area contributed by atoms with Crippen LogP contribution in [0.3, 0.4) is 0 Å². The first kappa shape index (κ1) is 13.5. The smallest absolute Gasteiger partial charge is 0.224 e. The van der Waals surface area contributed by atoms with Crippen molar-refractivity contribution in [3.8, 4) is 0 Å². The van der Waals surface area contributed by atoms with Crippen LogP contribution in [0.25, 0.3) is 0 Å². The Labute approximate surface area is 97.9 Å². The number of nitrogens with two attached hydrogens (primary N) is 1. The molecule has 4 nitrogen and oxygen atoms in total. The van der Waals surface area contributed by atoms with Crippen LogP contribution < -0.4 is 11.1 Å². The highest BCUT2D eigenvalue weighted by Crippen LogP contribution is 2.27. The third-order valence-corrected chi connectivity index (χ3v) is 3.44. The highest BCUT2D eigenvalue weighted by molar-refractivity contribution is 5.79. The molecule has 1 amide bonds. The molecule has 0 aromatic carbocycles. The second-order valence-corrected chi connectivity index (χ2v) is 4.96. The van der Waals surface area contributed by atoms with E-state index in [1.54, 1.807) is 7.11 Å². The molecular weight excluding hydrogens is 204 g/mol. The van der Waals surface area contributed by atoms with Crippen LogP contribution in [0.15, 0.2) is 0 Å². The molecule has 4 heteroatoms. The van der Waals surface area contributed by atoms with Crippen LogP contribution in [0.4, 0.5) is 0 Å². The Morgan fingerprint density at radius 2 is 2.25 bits per heavy atom. The maximum atomic E-state index is 12.0. The van der Waals surface area contributed by atoms with Crippen molar-refractivity contribution >= 4 is 5.91 Å². The fourth-order valence-corrected chi connectivity index (χ4v) is 2.39. The Morgan fingerprint density at radius 3 is 2.88 bits per heavy atom. The van der Waals surface area contributed by atoms with Crippen molar-refractivity contribution < 1.29 is 9.53 Å². The van der Waals surface area contributed by atoms with Gasteiger partial charge in [0.05, 0.1) is 12.5 Å². The summed E-state index contributed by atoms with van der Waals surface area (Å²) in [4.78, 5) is 12.0. The number of carbonyl (C=O) groups is 1. The fraction of sp³-hybridized carbons (Fsp3) is 0.917.